The van der Waals surface area contributed by atoms with Crippen molar-refractivity contribution < 1.29 is 17.6 Å². The molecule has 1 unspecified atom stereocenters. The molecule has 1 fully saturated rings. The summed E-state index contributed by atoms with van der Waals surface area (Å²) in [6.07, 6.45) is 2.09. The molecule has 3 N–H and O–H groups in total. The maximum absolute atomic E-state index is 13.6. The number of carbonyl (C=O) groups excluding carboxylic acids is 1. The lowest BCUT2D eigenvalue weighted by molar-refractivity contribution is 0.0931. The van der Waals surface area contributed by atoms with E-state index in [1.807, 2.05) is 6.92 Å². The number of benzene rings is 1. The first-order valence-electron chi connectivity index (χ1n) is 5.92. The first kappa shape index (κ1) is 14.0. The Hall–Kier alpha value is -1.47. The second-order valence-corrected chi connectivity index (χ2v) is 6.35. The standard InChI is InChI=1S/C12H15FN2O3S/c1-7(8-2-3-8)15-12(16)10-6-9(19(14,17)18)4-5-11(10)13/h4-8H,2-3H2,1H3,(H,15,16)(H2,14,17,18). The van der Waals surface area contributed by atoms with Gasteiger partial charge in [-0.05, 0) is 43.9 Å². The zero-order chi connectivity index (χ0) is 14.2. The molecule has 104 valence electrons. The van der Waals surface area contributed by atoms with Gasteiger partial charge in [0.1, 0.15) is 5.82 Å². The van der Waals surface area contributed by atoms with E-state index in [2.05, 4.69) is 5.32 Å². The number of amides is 1. The van der Waals surface area contributed by atoms with Crippen molar-refractivity contribution in [2.24, 2.45) is 11.1 Å². The summed E-state index contributed by atoms with van der Waals surface area (Å²) in [5, 5.41) is 7.62. The van der Waals surface area contributed by atoms with E-state index in [4.69, 9.17) is 5.14 Å². The summed E-state index contributed by atoms with van der Waals surface area (Å²) in [5.74, 6) is -0.969. The molecule has 1 aliphatic rings. The minimum atomic E-state index is -3.95. The van der Waals surface area contributed by atoms with Crippen LogP contribution in [0.1, 0.15) is 30.1 Å². The molecule has 0 aliphatic heterocycles. The van der Waals surface area contributed by atoms with E-state index < -0.39 is 21.7 Å². The second-order valence-electron chi connectivity index (χ2n) is 4.79. The molecule has 0 spiro atoms. The fourth-order valence-electron chi connectivity index (χ4n) is 1.85. The number of nitrogens with two attached hydrogens (primary N) is 1. The SMILES string of the molecule is CC(NC(=O)c1cc(S(N)(=O)=O)ccc1F)C1CC1. The summed E-state index contributed by atoms with van der Waals surface area (Å²) in [7, 11) is -3.95. The van der Waals surface area contributed by atoms with Crippen molar-refractivity contribution in [2.45, 2.75) is 30.7 Å². The lowest BCUT2D eigenvalue weighted by Crippen LogP contribution is -2.34. The lowest BCUT2D eigenvalue weighted by atomic mass is 10.1. The number of hydrogen-bond acceptors (Lipinski definition) is 3. The van der Waals surface area contributed by atoms with Crippen LogP contribution in [0.4, 0.5) is 4.39 Å². The predicted octanol–water partition coefficient (Wildman–Crippen LogP) is 1.00. The number of carbonyl (C=O) groups is 1. The number of rotatable bonds is 4. The van der Waals surface area contributed by atoms with Gasteiger partial charge in [-0.1, -0.05) is 0 Å². The van der Waals surface area contributed by atoms with Gasteiger partial charge >= 0.3 is 0 Å². The Morgan fingerprint density at radius 1 is 1.47 bits per heavy atom. The number of nitrogens with one attached hydrogen (secondary N) is 1. The summed E-state index contributed by atoms with van der Waals surface area (Å²) in [5.41, 5.74) is -0.306. The first-order chi connectivity index (χ1) is 8.79. The van der Waals surface area contributed by atoms with Crippen LogP contribution in [-0.2, 0) is 10.0 Å². The van der Waals surface area contributed by atoms with Crippen molar-refractivity contribution in [1.29, 1.82) is 0 Å². The Kier molecular flexibility index (Phi) is 3.60. The van der Waals surface area contributed by atoms with Crippen LogP contribution in [0.2, 0.25) is 0 Å². The molecule has 1 aromatic carbocycles. The fourth-order valence-corrected chi connectivity index (χ4v) is 2.39. The summed E-state index contributed by atoms with van der Waals surface area (Å²) in [4.78, 5) is 11.6. The molecule has 1 amide bonds. The van der Waals surface area contributed by atoms with Crippen LogP contribution < -0.4 is 10.5 Å². The largest absolute Gasteiger partial charge is 0.349 e. The summed E-state index contributed by atoms with van der Waals surface area (Å²) in [6.45, 7) is 1.84. The first-order valence-corrected chi connectivity index (χ1v) is 7.47. The van der Waals surface area contributed by atoms with E-state index in [0.29, 0.717) is 5.92 Å². The molecule has 0 radical (unpaired) electrons. The average Bonchev–Trinajstić information content (AvgIpc) is 3.11. The molecule has 1 saturated carbocycles. The molecule has 1 atom stereocenters. The summed E-state index contributed by atoms with van der Waals surface area (Å²) < 4.78 is 35.9. The molecular formula is C12H15FN2O3S. The average molecular weight is 286 g/mol. The van der Waals surface area contributed by atoms with Crippen molar-refractivity contribution in [2.75, 3.05) is 0 Å². The van der Waals surface area contributed by atoms with Crippen LogP contribution in [-0.4, -0.2) is 20.4 Å². The Labute approximate surface area is 111 Å². The highest BCUT2D eigenvalue weighted by atomic mass is 32.2. The smallest absolute Gasteiger partial charge is 0.254 e. The highest BCUT2D eigenvalue weighted by Crippen LogP contribution is 2.32. The third-order valence-corrected chi connectivity index (χ3v) is 4.11. The summed E-state index contributed by atoms with van der Waals surface area (Å²) in [6, 6.07) is 2.87. The van der Waals surface area contributed by atoms with Crippen molar-refractivity contribution in [3.05, 3.63) is 29.6 Å². The predicted molar refractivity (Wildman–Crippen MR) is 67.4 cm³/mol. The Balaban J connectivity index is 2.25. The second kappa shape index (κ2) is 4.90. The van der Waals surface area contributed by atoms with Crippen molar-refractivity contribution in [3.63, 3.8) is 0 Å². The van der Waals surface area contributed by atoms with Gasteiger partial charge in [0.15, 0.2) is 0 Å². The van der Waals surface area contributed by atoms with E-state index >= 15 is 0 Å². The molecule has 2 rings (SSSR count). The highest BCUT2D eigenvalue weighted by molar-refractivity contribution is 7.89. The molecule has 0 bridgehead atoms. The minimum Gasteiger partial charge on any atom is -0.349 e. The number of halogens is 1. The molecule has 1 aromatic rings. The number of sulfonamides is 1. The highest BCUT2D eigenvalue weighted by Gasteiger charge is 2.29. The maximum atomic E-state index is 13.6. The molecule has 0 aromatic heterocycles. The van der Waals surface area contributed by atoms with E-state index in [-0.39, 0.29) is 16.5 Å². The van der Waals surface area contributed by atoms with Gasteiger partial charge in [0.25, 0.3) is 5.91 Å². The molecule has 5 nitrogen and oxygen atoms in total. The van der Waals surface area contributed by atoms with Crippen molar-refractivity contribution in [1.82, 2.24) is 5.32 Å². The Bertz CT molecular complexity index is 611. The van der Waals surface area contributed by atoms with Gasteiger partial charge in [-0.3, -0.25) is 4.79 Å². The van der Waals surface area contributed by atoms with Crippen LogP contribution in [0.5, 0.6) is 0 Å². The van der Waals surface area contributed by atoms with Crippen LogP contribution in [0.25, 0.3) is 0 Å². The minimum absolute atomic E-state index is 0.0509. The molecular weight excluding hydrogens is 271 g/mol. The number of primary sulfonamides is 1. The van der Waals surface area contributed by atoms with Crippen LogP contribution >= 0.6 is 0 Å². The fraction of sp³-hybridized carbons (Fsp3) is 0.417. The lowest BCUT2D eigenvalue weighted by Gasteiger charge is -2.13. The number of hydrogen-bond donors (Lipinski definition) is 2. The van der Waals surface area contributed by atoms with Crippen LogP contribution in [0.15, 0.2) is 23.1 Å². The quantitative estimate of drug-likeness (QED) is 0.865. The van der Waals surface area contributed by atoms with Gasteiger partial charge in [0, 0.05) is 6.04 Å². The van der Waals surface area contributed by atoms with E-state index in [9.17, 15) is 17.6 Å². The molecule has 1 aliphatic carbocycles. The van der Waals surface area contributed by atoms with Gasteiger partial charge in [0.2, 0.25) is 10.0 Å². The topological polar surface area (TPSA) is 89.3 Å². The zero-order valence-electron chi connectivity index (χ0n) is 10.4. The molecule has 0 heterocycles. The van der Waals surface area contributed by atoms with Gasteiger partial charge in [0.05, 0.1) is 10.5 Å². The molecule has 7 heteroatoms. The van der Waals surface area contributed by atoms with Crippen molar-refractivity contribution >= 4 is 15.9 Å². The van der Waals surface area contributed by atoms with Gasteiger partial charge in [-0.25, -0.2) is 17.9 Å². The van der Waals surface area contributed by atoms with Gasteiger partial charge in [-0.2, -0.15) is 0 Å². The normalized spacial score (nSPS) is 17.0. The van der Waals surface area contributed by atoms with Gasteiger partial charge in [-0.15, -0.1) is 0 Å². The zero-order valence-corrected chi connectivity index (χ0v) is 11.2. The molecule has 19 heavy (non-hydrogen) atoms. The molecule has 0 saturated heterocycles. The summed E-state index contributed by atoms with van der Waals surface area (Å²) >= 11 is 0. The third kappa shape index (κ3) is 3.30. The van der Waals surface area contributed by atoms with Crippen LogP contribution in [0, 0.1) is 11.7 Å². The third-order valence-electron chi connectivity index (χ3n) is 3.20. The van der Waals surface area contributed by atoms with E-state index in [1.54, 1.807) is 0 Å². The van der Waals surface area contributed by atoms with Crippen LogP contribution in [0.3, 0.4) is 0 Å². The Morgan fingerprint density at radius 2 is 2.11 bits per heavy atom. The van der Waals surface area contributed by atoms with Crippen molar-refractivity contribution in [3.8, 4) is 0 Å². The monoisotopic (exact) mass is 286 g/mol. The van der Waals surface area contributed by atoms with E-state index in [1.165, 1.54) is 0 Å². The van der Waals surface area contributed by atoms with Gasteiger partial charge < -0.3 is 5.32 Å². The maximum Gasteiger partial charge on any atom is 0.254 e. The van der Waals surface area contributed by atoms with E-state index in [0.717, 1.165) is 31.0 Å². The Morgan fingerprint density at radius 3 is 2.63 bits per heavy atom.